The Bertz CT molecular complexity index is 956. The molecule has 0 aliphatic rings. The van der Waals surface area contributed by atoms with E-state index in [1.165, 1.54) is 0 Å². The molecule has 0 amide bonds. The summed E-state index contributed by atoms with van der Waals surface area (Å²) >= 11 is 11.0. The van der Waals surface area contributed by atoms with E-state index in [-0.39, 0.29) is 0 Å². The van der Waals surface area contributed by atoms with Gasteiger partial charge in [0.25, 0.3) is 0 Å². The third-order valence-corrected chi connectivity index (χ3v) is 5.77. The van der Waals surface area contributed by atoms with Crippen molar-refractivity contribution < 1.29 is 0 Å². The highest BCUT2D eigenvalue weighted by atomic mass is 32.1. The number of hydrogen-bond acceptors (Lipinski definition) is 4. The molecule has 0 aromatic heterocycles. The first kappa shape index (κ1) is 24.7. The van der Waals surface area contributed by atoms with Crippen molar-refractivity contribution in [2.75, 3.05) is 26.2 Å². The molecule has 2 aromatic rings. The largest absolute Gasteiger partial charge is 0.348 e. The van der Waals surface area contributed by atoms with Gasteiger partial charge < -0.3 is 9.80 Å². The van der Waals surface area contributed by atoms with Gasteiger partial charge >= 0.3 is 0 Å². The van der Waals surface area contributed by atoms with Crippen LogP contribution in [0.4, 0.5) is 0 Å². The van der Waals surface area contributed by atoms with Crippen molar-refractivity contribution in [2.24, 2.45) is 10.2 Å². The van der Waals surface area contributed by atoms with Gasteiger partial charge in [-0.15, -0.1) is 0 Å². The number of nitrogens with zero attached hydrogens (tertiary/aromatic N) is 4. The molecule has 0 atom stereocenters. The van der Waals surface area contributed by atoms with Gasteiger partial charge in [0.1, 0.15) is 5.71 Å². The Labute approximate surface area is 196 Å². The van der Waals surface area contributed by atoms with Gasteiger partial charge in [-0.2, -0.15) is 10.2 Å². The van der Waals surface area contributed by atoms with Gasteiger partial charge in [0, 0.05) is 31.7 Å². The Hall–Kier alpha value is -2.58. The number of benzene rings is 2. The molecule has 0 fully saturated rings. The lowest BCUT2D eigenvalue weighted by Gasteiger charge is -2.22. The van der Waals surface area contributed by atoms with Crippen LogP contribution in [0.1, 0.15) is 40.2 Å². The highest BCUT2D eigenvalue weighted by Gasteiger charge is 2.14. The van der Waals surface area contributed by atoms with Crippen LogP contribution in [0.5, 0.6) is 0 Å². The Morgan fingerprint density at radius 1 is 0.774 bits per heavy atom. The zero-order valence-electron chi connectivity index (χ0n) is 19.0. The highest BCUT2D eigenvalue weighted by Crippen LogP contribution is 2.20. The minimum Gasteiger partial charge on any atom is -0.348 e. The summed E-state index contributed by atoms with van der Waals surface area (Å²) in [7, 11) is 0. The summed E-state index contributed by atoms with van der Waals surface area (Å²) in [6.45, 7) is 13.4. The molecule has 0 saturated heterocycles. The van der Waals surface area contributed by atoms with Crippen LogP contribution in [0.15, 0.2) is 52.7 Å². The van der Waals surface area contributed by atoms with E-state index in [1.54, 1.807) is 0 Å². The van der Waals surface area contributed by atoms with Gasteiger partial charge in [0.2, 0.25) is 0 Å². The van der Waals surface area contributed by atoms with Crippen molar-refractivity contribution in [1.29, 1.82) is 0 Å². The first-order valence-electron chi connectivity index (χ1n) is 10.7. The lowest BCUT2D eigenvalue weighted by Crippen LogP contribution is -2.39. The van der Waals surface area contributed by atoms with Gasteiger partial charge in [0.15, 0.2) is 10.2 Å². The number of hydrogen-bond donors (Lipinski definition) is 2. The standard InChI is InChI=1S/C23H32N6S2/c1-6-28(7-2)22(30)26-24-17(5)21(25-27-23(31)29(8-3)9-4)20-16-12-14-18-13-10-11-15-19(18)20/h10-16H,6-9H2,1-5H3,(H,26,30)(H,27,31). The summed E-state index contributed by atoms with van der Waals surface area (Å²) in [5, 5.41) is 12.6. The number of thiocarbonyl (C=S) groups is 2. The molecule has 8 heteroatoms. The molecule has 0 aliphatic heterocycles. The van der Waals surface area contributed by atoms with E-state index in [1.807, 2.05) is 41.0 Å². The third-order valence-electron chi connectivity index (χ3n) is 5.07. The number of fused-ring (bicyclic) bond motifs is 1. The van der Waals surface area contributed by atoms with Crippen LogP contribution in [0.25, 0.3) is 10.8 Å². The lowest BCUT2D eigenvalue weighted by atomic mass is 9.99. The van der Waals surface area contributed by atoms with E-state index in [0.717, 1.165) is 42.5 Å². The molecule has 2 N–H and O–H groups in total. The predicted octanol–water partition coefficient (Wildman–Crippen LogP) is 4.35. The monoisotopic (exact) mass is 456 g/mol. The molecule has 31 heavy (non-hydrogen) atoms. The van der Waals surface area contributed by atoms with E-state index < -0.39 is 0 Å². The Balaban J connectivity index is 2.45. The smallest absolute Gasteiger partial charge is 0.189 e. The van der Waals surface area contributed by atoms with Crippen molar-refractivity contribution in [1.82, 2.24) is 20.7 Å². The fraction of sp³-hybridized carbons (Fsp3) is 0.391. The van der Waals surface area contributed by atoms with Crippen molar-refractivity contribution >= 4 is 56.9 Å². The van der Waals surface area contributed by atoms with Gasteiger partial charge in [-0.05, 0) is 69.8 Å². The van der Waals surface area contributed by atoms with Gasteiger partial charge in [-0.1, -0.05) is 42.5 Å². The van der Waals surface area contributed by atoms with Crippen LogP contribution < -0.4 is 10.9 Å². The zero-order valence-corrected chi connectivity index (χ0v) is 20.6. The predicted molar refractivity (Wildman–Crippen MR) is 141 cm³/mol. The number of nitrogens with one attached hydrogen (secondary N) is 2. The summed E-state index contributed by atoms with van der Waals surface area (Å²) in [4.78, 5) is 4.08. The Morgan fingerprint density at radius 2 is 1.29 bits per heavy atom. The molecule has 2 aromatic carbocycles. The van der Waals surface area contributed by atoms with Crippen LogP contribution in [-0.4, -0.2) is 57.6 Å². The van der Waals surface area contributed by atoms with Crippen LogP contribution in [-0.2, 0) is 0 Å². The highest BCUT2D eigenvalue weighted by molar-refractivity contribution is 7.80. The minimum absolute atomic E-state index is 0.585. The second-order valence-corrected chi connectivity index (χ2v) is 7.64. The zero-order chi connectivity index (χ0) is 22.8. The first-order chi connectivity index (χ1) is 15.0. The molecule has 0 bridgehead atoms. The first-order valence-corrected chi connectivity index (χ1v) is 11.5. The maximum absolute atomic E-state index is 5.52. The average molecular weight is 457 g/mol. The Kier molecular flexibility index (Phi) is 9.81. The second-order valence-electron chi connectivity index (χ2n) is 6.86. The van der Waals surface area contributed by atoms with E-state index in [4.69, 9.17) is 24.4 Å². The summed E-state index contributed by atoms with van der Waals surface area (Å²) in [6.07, 6.45) is 0. The molecule has 0 saturated carbocycles. The van der Waals surface area contributed by atoms with E-state index in [9.17, 15) is 0 Å². The fourth-order valence-corrected chi connectivity index (χ4v) is 3.83. The average Bonchev–Trinajstić information content (AvgIpc) is 2.79. The summed E-state index contributed by atoms with van der Waals surface area (Å²) in [5.74, 6) is 0. The van der Waals surface area contributed by atoms with Crippen molar-refractivity contribution in [3.05, 3.63) is 48.0 Å². The van der Waals surface area contributed by atoms with Crippen LogP contribution in [0.3, 0.4) is 0 Å². The second kappa shape index (κ2) is 12.3. The maximum atomic E-state index is 5.52. The molecular weight excluding hydrogens is 424 g/mol. The van der Waals surface area contributed by atoms with Crippen molar-refractivity contribution in [3.8, 4) is 0 Å². The summed E-state index contributed by atoms with van der Waals surface area (Å²) < 4.78 is 0. The Morgan fingerprint density at radius 3 is 1.87 bits per heavy atom. The van der Waals surface area contributed by atoms with Gasteiger partial charge in [-0.3, -0.25) is 10.9 Å². The van der Waals surface area contributed by atoms with E-state index in [0.29, 0.717) is 21.6 Å². The molecular formula is C23H32N6S2. The van der Waals surface area contributed by atoms with Crippen LogP contribution >= 0.6 is 24.4 Å². The SMILES string of the molecule is CCN(CC)C(=S)NN=C(C)C(=NNC(=S)N(CC)CC)c1cccc2ccccc12. The fourth-order valence-electron chi connectivity index (χ4n) is 3.22. The number of hydrazone groups is 2. The van der Waals surface area contributed by atoms with Crippen LogP contribution in [0, 0.1) is 0 Å². The molecule has 0 spiro atoms. The molecule has 0 aliphatic carbocycles. The molecule has 2 rings (SSSR count). The molecule has 0 radical (unpaired) electrons. The maximum Gasteiger partial charge on any atom is 0.189 e. The van der Waals surface area contributed by atoms with E-state index >= 15 is 0 Å². The van der Waals surface area contributed by atoms with Gasteiger partial charge in [-0.25, -0.2) is 0 Å². The third kappa shape index (κ3) is 6.45. The molecule has 6 nitrogen and oxygen atoms in total. The van der Waals surface area contributed by atoms with Crippen LogP contribution in [0.2, 0.25) is 0 Å². The quantitative estimate of drug-likeness (QED) is 0.350. The number of rotatable bonds is 8. The molecule has 166 valence electrons. The minimum atomic E-state index is 0.585. The van der Waals surface area contributed by atoms with Gasteiger partial charge in [0.05, 0.1) is 5.71 Å². The summed E-state index contributed by atoms with van der Waals surface area (Å²) in [5.41, 5.74) is 8.46. The molecule has 0 heterocycles. The normalized spacial score (nSPS) is 11.9. The van der Waals surface area contributed by atoms with E-state index in [2.05, 4.69) is 66.9 Å². The molecule has 0 unspecified atom stereocenters. The lowest BCUT2D eigenvalue weighted by molar-refractivity contribution is 0.457. The van der Waals surface area contributed by atoms with Crippen molar-refractivity contribution in [2.45, 2.75) is 34.6 Å². The topological polar surface area (TPSA) is 55.3 Å². The summed E-state index contributed by atoms with van der Waals surface area (Å²) in [6, 6.07) is 14.4. The van der Waals surface area contributed by atoms with Crippen molar-refractivity contribution in [3.63, 3.8) is 0 Å².